The van der Waals surface area contributed by atoms with E-state index in [2.05, 4.69) is 10.6 Å². The molecule has 0 bridgehead atoms. The van der Waals surface area contributed by atoms with Gasteiger partial charge in [0.2, 0.25) is 5.91 Å². The first-order chi connectivity index (χ1) is 12.9. The number of anilines is 1. The molecule has 0 aromatic heterocycles. The van der Waals surface area contributed by atoms with Crippen molar-refractivity contribution in [2.75, 3.05) is 12.4 Å². The summed E-state index contributed by atoms with van der Waals surface area (Å²) >= 11 is 0. The highest BCUT2D eigenvalue weighted by atomic mass is 16.5. The highest BCUT2D eigenvalue weighted by molar-refractivity contribution is 5.76. The number of benzene rings is 2. The van der Waals surface area contributed by atoms with Gasteiger partial charge in [-0.15, -0.1) is 0 Å². The lowest BCUT2D eigenvalue weighted by molar-refractivity contribution is -0.137. The van der Waals surface area contributed by atoms with E-state index in [9.17, 15) is 14.7 Å². The Morgan fingerprint density at radius 2 is 2.00 bits per heavy atom. The second-order valence-electron chi connectivity index (χ2n) is 6.88. The topological polar surface area (TPSA) is 87.7 Å². The van der Waals surface area contributed by atoms with Gasteiger partial charge in [0.25, 0.3) is 0 Å². The van der Waals surface area contributed by atoms with E-state index >= 15 is 0 Å². The summed E-state index contributed by atoms with van der Waals surface area (Å²) in [7, 11) is 1.61. The van der Waals surface area contributed by atoms with E-state index < -0.39 is 11.6 Å². The Balaban J connectivity index is 2.02. The number of carboxylic acids is 1. The van der Waals surface area contributed by atoms with Crippen molar-refractivity contribution in [2.45, 2.75) is 37.8 Å². The van der Waals surface area contributed by atoms with E-state index in [1.165, 1.54) is 6.92 Å². The van der Waals surface area contributed by atoms with Crippen LogP contribution in [0.15, 0.2) is 48.5 Å². The van der Waals surface area contributed by atoms with Crippen LogP contribution >= 0.6 is 0 Å². The fourth-order valence-corrected chi connectivity index (χ4v) is 3.93. The molecule has 0 radical (unpaired) electrons. The van der Waals surface area contributed by atoms with Crippen LogP contribution in [0.5, 0.6) is 5.75 Å². The van der Waals surface area contributed by atoms with Gasteiger partial charge in [0.05, 0.1) is 7.11 Å². The van der Waals surface area contributed by atoms with Crippen molar-refractivity contribution in [3.63, 3.8) is 0 Å². The van der Waals surface area contributed by atoms with E-state index in [0.29, 0.717) is 12.8 Å². The number of para-hydroxylation sites is 1. The van der Waals surface area contributed by atoms with E-state index in [-0.39, 0.29) is 18.2 Å². The average Bonchev–Trinajstić information content (AvgIpc) is 2.91. The van der Waals surface area contributed by atoms with Crippen LogP contribution in [0.1, 0.15) is 36.8 Å². The van der Waals surface area contributed by atoms with Crippen molar-refractivity contribution in [1.29, 1.82) is 0 Å². The predicted octanol–water partition coefficient (Wildman–Crippen LogP) is 3.14. The van der Waals surface area contributed by atoms with Crippen LogP contribution in [-0.4, -0.2) is 29.8 Å². The third kappa shape index (κ3) is 4.05. The number of fused-ring (bicyclic) bond motifs is 1. The first kappa shape index (κ1) is 18.8. The number of carboxylic acid groups (broad SMARTS) is 1. The van der Waals surface area contributed by atoms with Gasteiger partial charge in [-0.25, -0.2) is 0 Å². The zero-order chi connectivity index (χ0) is 19.4. The molecule has 6 nitrogen and oxygen atoms in total. The Morgan fingerprint density at radius 1 is 1.22 bits per heavy atom. The highest BCUT2D eigenvalue weighted by Crippen LogP contribution is 2.45. The summed E-state index contributed by atoms with van der Waals surface area (Å²) in [4.78, 5) is 23.3. The summed E-state index contributed by atoms with van der Waals surface area (Å²) in [5.41, 5.74) is 2.14. The molecule has 0 saturated heterocycles. The number of rotatable bonds is 7. The molecule has 2 atom stereocenters. The standard InChI is InChI=1S/C21H24N2O4/c1-14(24)22-21(13-15-6-5-7-16(12-15)27-2)18(10-11-20(25)26)17-8-3-4-9-19(17)23-21/h3-9,12,18,23H,10-11,13H2,1-2H3,(H,22,24)(H,25,26)/t18-,21+/m0/s1. The number of ether oxygens (including phenoxy) is 1. The van der Waals surface area contributed by atoms with Crippen molar-refractivity contribution < 1.29 is 19.4 Å². The number of nitrogens with one attached hydrogen (secondary N) is 2. The first-order valence-corrected chi connectivity index (χ1v) is 8.94. The minimum absolute atomic E-state index is 0.0279. The van der Waals surface area contributed by atoms with Gasteiger partial charge in [0.15, 0.2) is 0 Å². The van der Waals surface area contributed by atoms with Crippen molar-refractivity contribution in [3.05, 3.63) is 59.7 Å². The number of amides is 1. The highest BCUT2D eigenvalue weighted by Gasteiger charge is 2.46. The van der Waals surface area contributed by atoms with Gasteiger partial charge >= 0.3 is 5.97 Å². The fourth-order valence-electron chi connectivity index (χ4n) is 3.93. The number of carbonyl (C=O) groups is 2. The average molecular weight is 368 g/mol. The number of aliphatic carboxylic acids is 1. The Bertz CT molecular complexity index is 852. The molecular weight excluding hydrogens is 344 g/mol. The van der Waals surface area contributed by atoms with E-state index in [1.807, 2.05) is 48.5 Å². The quantitative estimate of drug-likeness (QED) is 0.699. The molecule has 1 aliphatic rings. The van der Waals surface area contributed by atoms with Crippen LogP contribution in [-0.2, 0) is 16.0 Å². The van der Waals surface area contributed by atoms with Gasteiger partial charge in [-0.1, -0.05) is 30.3 Å². The van der Waals surface area contributed by atoms with E-state index in [0.717, 1.165) is 22.6 Å². The summed E-state index contributed by atoms with van der Waals surface area (Å²) < 4.78 is 5.32. The smallest absolute Gasteiger partial charge is 0.303 e. The van der Waals surface area contributed by atoms with Gasteiger partial charge in [-0.05, 0) is 35.7 Å². The largest absolute Gasteiger partial charge is 0.497 e. The predicted molar refractivity (Wildman–Crippen MR) is 103 cm³/mol. The number of hydrogen-bond donors (Lipinski definition) is 3. The van der Waals surface area contributed by atoms with Crippen LogP contribution in [0, 0.1) is 0 Å². The number of carbonyl (C=O) groups excluding carboxylic acids is 1. The van der Waals surface area contributed by atoms with Crippen LogP contribution < -0.4 is 15.4 Å². The lowest BCUT2D eigenvalue weighted by atomic mass is 9.81. The van der Waals surface area contributed by atoms with Crippen LogP contribution in [0.4, 0.5) is 5.69 Å². The number of methoxy groups -OCH3 is 1. The van der Waals surface area contributed by atoms with Gasteiger partial charge in [0, 0.05) is 31.4 Å². The van der Waals surface area contributed by atoms with Gasteiger partial charge in [-0.3, -0.25) is 9.59 Å². The summed E-state index contributed by atoms with van der Waals surface area (Å²) in [5.74, 6) is -0.445. The van der Waals surface area contributed by atoms with Crippen LogP contribution in [0.2, 0.25) is 0 Å². The van der Waals surface area contributed by atoms with Crippen LogP contribution in [0.3, 0.4) is 0 Å². The molecular formula is C21H24N2O4. The van der Waals surface area contributed by atoms with Crippen molar-refractivity contribution >= 4 is 17.6 Å². The van der Waals surface area contributed by atoms with Gasteiger partial charge in [0.1, 0.15) is 11.4 Å². The Morgan fingerprint density at radius 3 is 2.70 bits per heavy atom. The monoisotopic (exact) mass is 368 g/mol. The minimum atomic E-state index is -0.850. The van der Waals surface area contributed by atoms with E-state index in [4.69, 9.17) is 4.74 Å². The zero-order valence-corrected chi connectivity index (χ0v) is 15.5. The van der Waals surface area contributed by atoms with Gasteiger partial charge < -0.3 is 20.5 Å². The molecule has 27 heavy (non-hydrogen) atoms. The molecule has 2 aromatic carbocycles. The SMILES string of the molecule is COc1cccc(C[C@@]2(NC(C)=O)Nc3ccccc3[C@@H]2CCC(=O)O)c1. The zero-order valence-electron chi connectivity index (χ0n) is 15.5. The lowest BCUT2D eigenvalue weighted by Gasteiger charge is -2.37. The molecule has 3 rings (SSSR count). The Hall–Kier alpha value is -3.02. The van der Waals surface area contributed by atoms with E-state index in [1.54, 1.807) is 7.11 Å². The Labute approximate surface area is 158 Å². The molecule has 2 aromatic rings. The van der Waals surface area contributed by atoms with Gasteiger partial charge in [-0.2, -0.15) is 0 Å². The molecule has 0 fully saturated rings. The molecule has 0 aliphatic carbocycles. The van der Waals surface area contributed by atoms with Crippen LogP contribution in [0.25, 0.3) is 0 Å². The minimum Gasteiger partial charge on any atom is -0.497 e. The second-order valence-corrected chi connectivity index (χ2v) is 6.88. The summed E-state index contributed by atoms with van der Waals surface area (Å²) in [6.45, 7) is 1.48. The lowest BCUT2D eigenvalue weighted by Crippen LogP contribution is -2.56. The molecule has 1 amide bonds. The third-order valence-electron chi connectivity index (χ3n) is 4.95. The molecule has 1 heterocycles. The summed E-state index contributed by atoms with van der Waals surface area (Å²) in [6, 6.07) is 15.5. The van der Waals surface area contributed by atoms with Crippen molar-refractivity contribution in [3.8, 4) is 5.75 Å². The first-order valence-electron chi connectivity index (χ1n) is 8.94. The molecule has 142 valence electrons. The molecule has 0 unspecified atom stereocenters. The maximum absolute atomic E-state index is 12.1. The van der Waals surface area contributed by atoms with Crippen molar-refractivity contribution in [2.24, 2.45) is 0 Å². The maximum Gasteiger partial charge on any atom is 0.303 e. The molecule has 1 aliphatic heterocycles. The fraction of sp³-hybridized carbons (Fsp3) is 0.333. The molecule has 6 heteroatoms. The molecule has 3 N–H and O–H groups in total. The third-order valence-corrected chi connectivity index (χ3v) is 4.95. The Kier molecular flexibility index (Phi) is 5.35. The number of hydrogen-bond acceptors (Lipinski definition) is 4. The van der Waals surface area contributed by atoms with Crippen molar-refractivity contribution in [1.82, 2.24) is 5.32 Å². The molecule has 0 spiro atoms. The second kappa shape index (κ2) is 7.70. The summed E-state index contributed by atoms with van der Waals surface area (Å²) in [6.07, 6.45) is 0.951. The normalized spacial score (nSPS) is 20.4. The molecule has 0 saturated carbocycles. The maximum atomic E-state index is 12.1. The summed E-state index contributed by atoms with van der Waals surface area (Å²) in [5, 5.41) is 15.8.